The standard InChI is InChI=1S/C27H26Cl3N5O3/c1-15(2)37-23-12-10-18(14-24(23)38-16(3)4)32-33-25-26(31-21-8-6-5-7-19(21)29)34-35(27(25)36)22-13-17(28)9-11-20(22)30/h5-16,31,34H,1-4H3. The van der Waals surface area contributed by atoms with Crippen LogP contribution in [-0.4, -0.2) is 22.0 Å². The number of ether oxygens (including phenoxy) is 2. The Hall–Kier alpha value is -3.46. The Morgan fingerprint density at radius 1 is 0.842 bits per heavy atom. The summed E-state index contributed by atoms with van der Waals surface area (Å²) in [5.74, 6) is 1.38. The molecule has 4 aromatic rings. The maximum absolute atomic E-state index is 13.5. The normalized spacial score (nSPS) is 11.5. The summed E-state index contributed by atoms with van der Waals surface area (Å²) in [4.78, 5) is 13.5. The molecule has 0 radical (unpaired) electrons. The molecule has 2 N–H and O–H groups in total. The Labute approximate surface area is 235 Å². The van der Waals surface area contributed by atoms with Gasteiger partial charge in [0.1, 0.15) is 0 Å². The number of nitrogens with one attached hydrogen (secondary N) is 2. The van der Waals surface area contributed by atoms with Gasteiger partial charge in [0.25, 0.3) is 0 Å². The van der Waals surface area contributed by atoms with E-state index in [4.69, 9.17) is 44.3 Å². The van der Waals surface area contributed by atoms with Crippen LogP contribution in [0.3, 0.4) is 0 Å². The molecule has 1 heterocycles. The maximum Gasteiger partial charge on any atom is 0.301 e. The number of hydrogen-bond donors (Lipinski definition) is 2. The number of aromatic nitrogens is 2. The van der Waals surface area contributed by atoms with Crippen molar-refractivity contribution in [3.63, 3.8) is 0 Å². The molecule has 0 bridgehead atoms. The van der Waals surface area contributed by atoms with E-state index in [1.807, 2.05) is 33.8 Å². The van der Waals surface area contributed by atoms with Gasteiger partial charge in [-0.2, -0.15) is 5.11 Å². The van der Waals surface area contributed by atoms with Crippen molar-refractivity contribution in [3.8, 4) is 17.2 Å². The molecule has 0 atom stereocenters. The summed E-state index contributed by atoms with van der Waals surface area (Å²) in [6.45, 7) is 7.71. The van der Waals surface area contributed by atoms with Crippen molar-refractivity contribution < 1.29 is 9.47 Å². The molecule has 0 saturated heterocycles. The number of aromatic amines is 1. The third-order valence-corrected chi connectivity index (χ3v) is 5.95. The zero-order chi connectivity index (χ0) is 27.4. The summed E-state index contributed by atoms with van der Waals surface area (Å²) < 4.78 is 13.0. The van der Waals surface area contributed by atoms with E-state index in [9.17, 15) is 4.79 Å². The van der Waals surface area contributed by atoms with Gasteiger partial charge in [-0.05, 0) is 70.2 Å². The molecular formula is C27H26Cl3N5O3. The maximum atomic E-state index is 13.5. The molecule has 8 nitrogen and oxygen atoms in total. The Morgan fingerprint density at radius 3 is 2.26 bits per heavy atom. The van der Waals surface area contributed by atoms with Crippen molar-refractivity contribution in [1.82, 2.24) is 9.78 Å². The van der Waals surface area contributed by atoms with Crippen LogP contribution in [0.1, 0.15) is 27.7 Å². The number of anilines is 2. The molecule has 0 amide bonds. The molecular weight excluding hydrogens is 549 g/mol. The average molecular weight is 575 g/mol. The molecule has 3 aromatic carbocycles. The summed E-state index contributed by atoms with van der Waals surface area (Å²) >= 11 is 18.9. The van der Waals surface area contributed by atoms with Crippen molar-refractivity contribution in [2.75, 3.05) is 5.32 Å². The van der Waals surface area contributed by atoms with Crippen molar-refractivity contribution in [2.45, 2.75) is 39.9 Å². The topological polar surface area (TPSA) is 93.0 Å². The van der Waals surface area contributed by atoms with Gasteiger partial charge in [-0.15, -0.1) is 5.11 Å². The first-order chi connectivity index (χ1) is 18.1. The number of rotatable bonds is 9. The molecule has 0 saturated carbocycles. The van der Waals surface area contributed by atoms with Crippen LogP contribution in [0.4, 0.5) is 22.9 Å². The van der Waals surface area contributed by atoms with Crippen molar-refractivity contribution in [2.24, 2.45) is 10.2 Å². The summed E-state index contributed by atoms with van der Waals surface area (Å²) in [5.41, 5.74) is 0.906. The van der Waals surface area contributed by atoms with Gasteiger partial charge in [0.05, 0.1) is 39.3 Å². The van der Waals surface area contributed by atoms with Gasteiger partial charge < -0.3 is 14.8 Å². The Balaban J connectivity index is 1.79. The third-order valence-electron chi connectivity index (χ3n) is 5.07. The zero-order valence-electron chi connectivity index (χ0n) is 21.1. The lowest BCUT2D eigenvalue weighted by Gasteiger charge is -2.17. The van der Waals surface area contributed by atoms with Crippen molar-refractivity contribution in [1.29, 1.82) is 0 Å². The first-order valence-electron chi connectivity index (χ1n) is 11.8. The second-order valence-corrected chi connectivity index (χ2v) is 10.1. The lowest BCUT2D eigenvalue weighted by molar-refractivity contribution is 0.199. The van der Waals surface area contributed by atoms with Crippen LogP contribution >= 0.6 is 34.8 Å². The van der Waals surface area contributed by atoms with Gasteiger partial charge in [0, 0.05) is 11.1 Å². The number of para-hydroxylation sites is 1. The highest BCUT2D eigenvalue weighted by atomic mass is 35.5. The van der Waals surface area contributed by atoms with Gasteiger partial charge in [-0.3, -0.25) is 9.89 Å². The van der Waals surface area contributed by atoms with E-state index in [-0.39, 0.29) is 23.7 Å². The van der Waals surface area contributed by atoms with E-state index in [1.54, 1.807) is 54.6 Å². The highest BCUT2D eigenvalue weighted by molar-refractivity contribution is 6.34. The predicted molar refractivity (Wildman–Crippen MR) is 153 cm³/mol. The summed E-state index contributed by atoms with van der Waals surface area (Å²) in [6, 6.07) is 17.1. The monoisotopic (exact) mass is 573 g/mol. The number of halogens is 3. The van der Waals surface area contributed by atoms with Crippen LogP contribution < -0.4 is 20.3 Å². The lowest BCUT2D eigenvalue weighted by Crippen LogP contribution is -2.14. The Morgan fingerprint density at radius 2 is 1.55 bits per heavy atom. The van der Waals surface area contributed by atoms with Crippen LogP contribution in [0.25, 0.3) is 5.69 Å². The fourth-order valence-electron chi connectivity index (χ4n) is 3.50. The second-order valence-electron chi connectivity index (χ2n) is 8.84. The SMILES string of the molecule is CC(C)Oc1ccc(N=Nc2c(Nc3ccccc3Cl)[nH]n(-c3cc(Cl)ccc3Cl)c2=O)cc1OC(C)C. The van der Waals surface area contributed by atoms with E-state index in [2.05, 4.69) is 20.6 Å². The molecule has 1 aromatic heterocycles. The average Bonchev–Trinajstić information content (AvgIpc) is 3.16. The number of benzene rings is 3. The minimum atomic E-state index is -0.495. The molecule has 0 aliphatic carbocycles. The van der Waals surface area contributed by atoms with Gasteiger partial charge in [-0.1, -0.05) is 46.9 Å². The Bertz CT molecular complexity index is 1530. The molecule has 198 valence electrons. The largest absolute Gasteiger partial charge is 0.487 e. The number of nitrogens with zero attached hydrogens (tertiary/aromatic N) is 3. The first-order valence-corrected chi connectivity index (χ1v) is 13.0. The Kier molecular flexibility index (Phi) is 8.66. The quantitative estimate of drug-likeness (QED) is 0.195. The lowest BCUT2D eigenvalue weighted by atomic mass is 10.2. The number of hydrogen-bond acceptors (Lipinski definition) is 6. The van der Waals surface area contributed by atoms with E-state index >= 15 is 0 Å². The summed E-state index contributed by atoms with van der Waals surface area (Å²) in [7, 11) is 0. The third kappa shape index (κ3) is 6.51. The second kappa shape index (κ2) is 11.9. The predicted octanol–water partition coefficient (Wildman–Crippen LogP) is 8.86. The molecule has 0 aliphatic heterocycles. The molecule has 38 heavy (non-hydrogen) atoms. The van der Waals surface area contributed by atoms with Crippen molar-refractivity contribution >= 4 is 57.7 Å². The van der Waals surface area contributed by atoms with Crippen molar-refractivity contribution in [3.05, 3.63) is 86.1 Å². The minimum absolute atomic E-state index is 0.00907. The van der Waals surface area contributed by atoms with Crippen LogP contribution in [0.2, 0.25) is 15.1 Å². The smallest absolute Gasteiger partial charge is 0.301 e. The van der Waals surface area contributed by atoms with Gasteiger partial charge in [0.2, 0.25) is 0 Å². The fraction of sp³-hybridized carbons (Fsp3) is 0.222. The molecule has 0 fully saturated rings. The number of azo groups is 1. The fourth-order valence-corrected chi connectivity index (χ4v) is 4.05. The number of H-pyrrole nitrogens is 1. The highest BCUT2D eigenvalue weighted by Gasteiger charge is 2.19. The van der Waals surface area contributed by atoms with Crippen LogP contribution in [-0.2, 0) is 0 Å². The zero-order valence-corrected chi connectivity index (χ0v) is 23.4. The summed E-state index contributed by atoms with van der Waals surface area (Å²) in [5, 5.41) is 15.9. The molecule has 0 unspecified atom stereocenters. The minimum Gasteiger partial charge on any atom is -0.487 e. The van der Waals surface area contributed by atoms with Gasteiger partial charge >= 0.3 is 5.56 Å². The van der Waals surface area contributed by atoms with Crippen LogP contribution in [0.15, 0.2) is 75.7 Å². The van der Waals surface area contributed by atoms with E-state index in [0.29, 0.717) is 43.6 Å². The highest BCUT2D eigenvalue weighted by Crippen LogP contribution is 2.35. The van der Waals surface area contributed by atoms with Crippen LogP contribution in [0, 0.1) is 0 Å². The molecule has 4 rings (SSSR count). The molecule has 0 spiro atoms. The van der Waals surface area contributed by atoms with E-state index in [0.717, 1.165) is 0 Å². The van der Waals surface area contributed by atoms with Gasteiger partial charge in [-0.25, -0.2) is 4.68 Å². The van der Waals surface area contributed by atoms with E-state index < -0.39 is 5.56 Å². The molecule has 11 heteroatoms. The van der Waals surface area contributed by atoms with E-state index in [1.165, 1.54) is 4.68 Å². The van der Waals surface area contributed by atoms with Gasteiger partial charge in [0.15, 0.2) is 23.0 Å². The first kappa shape index (κ1) is 27.6. The molecule has 0 aliphatic rings. The van der Waals surface area contributed by atoms with Crippen LogP contribution in [0.5, 0.6) is 11.5 Å². The summed E-state index contributed by atoms with van der Waals surface area (Å²) in [6.07, 6.45) is -0.116.